The monoisotopic (exact) mass is 793 g/mol. The van der Waals surface area contributed by atoms with Gasteiger partial charge in [-0.25, -0.2) is 9.59 Å². The molecule has 0 saturated carbocycles. The Bertz CT molecular complexity index is 1610. The number of allylic oxidation sites excluding steroid dienone is 3. The van der Waals surface area contributed by atoms with E-state index in [1.54, 1.807) is 64.0 Å². The summed E-state index contributed by atoms with van der Waals surface area (Å²) in [5, 5.41) is 14.5. The number of rotatable bonds is 11. The maximum atomic E-state index is 14.2. The SMILES string of the molecule is COc1cc2cc(c1Cl)N(C)C(=O)C[C@H](OC(=O)[C@H](C)N(C)C(=O)CCCCCSC)[C@]1(C)O[C@H]1[C@H](C)C1C[C@@](O)(NC(=O)O1)[C@H](OC)/C=C/C=C(\C)C2. The molecule has 8 atom stereocenters. The number of esters is 1. The van der Waals surface area contributed by atoms with Crippen LogP contribution < -0.4 is 15.0 Å². The minimum Gasteiger partial charge on any atom is -0.495 e. The second-order valence-corrected chi connectivity index (χ2v) is 16.1. The number of benzene rings is 1. The van der Waals surface area contributed by atoms with Gasteiger partial charge in [0.2, 0.25) is 11.8 Å². The Morgan fingerprint density at radius 2 is 1.94 bits per heavy atom. The molecule has 3 amide bonds. The number of hydrogen-bond donors (Lipinski definition) is 2. The molecule has 3 aliphatic heterocycles. The number of ether oxygens (including phenoxy) is 5. The molecular weight excluding hydrogens is 738 g/mol. The third kappa shape index (κ3) is 10.1. The van der Waals surface area contributed by atoms with Crippen molar-refractivity contribution in [3.8, 4) is 5.75 Å². The lowest BCUT2D eigenvalue weighted by Gasteiger charge is -2.42. The molecule has 1 aromatic carbocycles. The summed E-state index contributed by atoms with van der Waals surface area (Å²) in [6.07, 6.45) is 6.01. The van der Waals surface area contributed by atoms with Crippen molar-refractivity contribution in [1.82, 2.24) is 10.2 Å². The Morgan fingerprint density at radius 1 is 1.22 bits per heavy atom. The van der Waals surface area contributed by atoms with Gasteiger partial charge in [0.25, 0.3) is 0 Å². The van der Waals surface area contributed by atoms with Crippen LogP contribution in [0.5, 0.6) is 5.75 Å². The van der Waals surface area contributed by atoms with Gasteiger partial charge in [0.1, 0.15) is 40.7 Å². The van der Waals surface area contributed by atoms with Gasteiger partial charge in [0.15, 0.2) is 5.72 Å². The van der Waals surface area contributed by atoms with E-state index in [4.69, 9.17) is 35.3 Å². The molecule has 15 heteroatoms. The van der Waals surface area contributed by atoms with E-state index in [1.165, 1.54) is 24.0 Å². The van der Waals surface area contributed by atoms with Crippen LogP contribution in [0.2, 0.25) is 5.02 Å². The predicted octanol–water partition coefficient (Wildman–Crippen LogP) is 5.44. The molecule has 0 spiro atoms. The smallest absolute Gasteiger partial charge is 0.409 e. The Hall–Kier alpha value is -3.30. The van der Waals surface area contributed by atoms with Crippen molar-refractivity contribution in [3.05, 3.63) is 46.5 Å². The Labute approximate surface area is 328 Å². The molecule has 2 fully saturated rings. The first-order valence-electron chi connectivity index (χ1n) is 18.3. The molecule has 54 heavy (non-hydrogen) atoms. The topological polar surface area (TPSA) is 156 Å². The number of amides is 3. The Balaban J connectivity index is 1.70. The second kappa shape index (κ2) is 18.6. The number of alkyl carbamates (subject to hydrolysis) is 1. The first kappa shape index (κ1) is 43.4. The van der Waals surface area contributed by atoms with E-state index in [9.17, 15) is 24.3 Å². The van der Waals surface area contributed by atoms with Crippen molar-refractivity contribution in [3.63, 3.8) is 0 Å². The number of anilines is 1. The highest BCUT2D eigenvalue weighted by atomic mass is 35.5. The molecule has 2 saturated heterocycles. The number of fused-ring (bicyclic) bond motifs is 5. The van der Waals surface area contributed by atoms with E-state index in [1.807, 2.05) is 26.2 Å². The van der Waals surface area contributed by atoms with Gasteiger partial charge in [-0.15, -0.1) is 0 Å². The molecule has 13 nitrogen and oxygen atoms in total. The van der Waals surface area contributed by atoms with Gasteiger partial charge in [0, 0.05) is 40.0 Å². The number of aliphatic hydroxyl groups is 1. The van der Waals surface area contributed by atoms with Crippen molar-refractivity contribution in [2.24, 2.45) is 5.92 Å². The van der Waals surface area contributed by atoms with Crippen molar-refractivity contribution in [2.75, 3.05) is 45.2 Å². The van der Waals surface area contributed by atoms with Gasteiger partial charge < -0.3 is 38.6 Å². The zero-order valence-corrected chi connectivity index (χ0v) is 34.4. The van der Waals surface area contributed by atoms with Gasteiger partial charge in [-0.1, -0.05) is 48.7 Å². The number of nitrogens with zero attached hydrogens (tertiary/aromatic N) is 2. The number of likely N-dealkylation sites (N-methyl/N-ethyl adjacent to an activating group) is 1. The molecule has 0 aliphatic carbocycles. The molecular formula is C39H56ClN3O10S. The number of carbonyl (C=O) groups is 4. The molecule has 300 valence electrons. The average Bonchev–Trinajstić information content (AvgIpc) is 3.83. The van der Waals surface area contributed by atoms with Gasteiger partial charge in [-0.05, 0) is 69.7 Å². The molecule has 1 aromatic rings. The van der Waals surface area contributed by atoms with Crippen LogP contribution in [-0.2, 0) is 39.8 Å². The molecule has 2 N–H and O–H groups in total. The number of thioether (sulfide) groups is 1. The summed E-state index contributed by atoms with van der Waals surface area (Å²) >= 11 is 8.53. The largest absolute Gasteiger partial charge is 0.495 e. The lowest BCUT2D eigenvalue weighted by molar-refractivity contribution is -0.162. The summed E-state index contributed by atoms with van der Waals surface area (Å²) in [6.45, 7) is 7.06. The van der Waals surface area contributed by atoms with E-state index in [0.29, 0.717) is 30.7 Å². The highest BCUT2D eigenvalue weighted by Crippen LogP contribution is 2.49. The van der Waals surface area contributed by atoms with Crippen LogP contribution in [0.4, 0.5) is 10.5 Å². The molecule has 1 unspecified atom stereocenters. The molecule has 3 aliphatic rings. The predicted molar refractivity (Wildman–Crippen MR) is 208 cm³/mol. The maximum Gasteiger partial charge on any atom is 0.409 e. The lowest BCUT2D eigenvalue weighted by Crippen LogP contribution is -2.63. The third-order valence-electron chi connectivity index (χ3n) is 10.8. The van der Waals surface area contributed by atoms with E-state index in [0.717, 1.165) is 29.7 Å². The van der Waals surface area contributed by atoms with Crippen molar-refractivity contribution < 1.29 is 48.0 Å². The molecule has 0 radical (unpaired) electrons. The van der Waals surface area contributed by atoms with Crippen LogP contribution in [0.1, 0.15) is 71.8 Å². The highest BCUT2D eigenvalue weighted by Gasteiger charge is 2.64. The fourth-order valence-electron chi connectivity index (χ4n) is 7.09. The van der Waals surface area contributed by atoms with Crippen molar-refractivity contribution in [1.29, 1.82) is 0 Å². The maximum absolute atomic E-state index is 14.2. The summed E-state index contributed by atoms with van der Waals surface area (Å²) in [7, 11) is 6.08. The first-order valence-corrected chi connectivity index (χ1v) is 20.1. The summed E-state index contributed by atoms with van der Waals surface area (Å²) in [6, 6.07) is 2.66. The normalized spacial score (nSPS) is 30.8. The number of hydrogen-bond acceptors (Lipinski definition) is 11. The van der Waals surface area contributed by atoms with Crippen LogP contribution in [0, 0.1) is 5.92 Å². The average molecular weight is 794 g/mol. The van der Waals surface area contributed by atoms with Gasteiger partial charge in [0.05, 0.1) is 25.3 Å². The number of carbonyl (C=O) groups excluding carboxylic acids is 4. The Morgan fingerprint density at radius 3 is 2.61 bits per heavy atom. The minimum absolute atomic E-state index is 0.0428. The van der Waals surface area contributed by atoms with Crippen molar-refractivity contribution in [2.45, 2.75) is 114 Å². The zero-order valence-electron chi connectivity index (χ0n) is 32.8. The van der Waals surface area contributed by atoms with Gasteiger partial charge >= 0.3 is 12.1 Å². The number of halogens is 1. The molecule has 4 rings (SSSR count). The standard InChI is InChI=1S/C39H56ClN3O10S/c1-23-14-13-15-30(50-8)39(48)22-29(51-37(47)41-39)24(2)35-38(4,53-35)31(52-36(46)25(3)42(5)32(44)16-11-10-12-17-54-9)21-33(45)43(6)27-19-26(18-23)20-28(49-7)34(27)40/h13-15,19-20,24-25,29-31,35,48H,10-12,16-18,21-22H2,1-9H3,(H,41,47)/b15-13+,23-14+/t24-,25+,29?,30-,31+,35+,38+,39+/m1/s1. The Kier molecular flexibility index (Phi) is 14.9. The van der Waals surface area contributed by atoms with Crippen LogP contribution in [0.25, 0.3) is 0 Å². The lowest BCUT2D eigenvalue weighted by atomic mass is 9.83. The van der Waals surface area contributed by atoms with Crippen molar-refractivity contribution >= 4 is 52.9 Å². The number of unbranched alkanes of at least 4 members (excludes halogenated alkanes) is 2. The van der Waals surface area contributed by atoms with E-state index in [-0.39, 0.29) is 23.8 Å². The van der Waals surface area contributed by atoms with E-state index >= 15 is 0 Å². The fraction of sp³-hybridized carbons (Fsp3) is 0.641. The number of methoxy groups -OCH3 is 2. The third-order valence-corrected chi connectivity index (χ3v) is 11.8. The summed E-state index contributed by atoms with van der Waals surface area (Å²) in [5.74, 6) is -0.414. The molecule has 4 bridgehead atoms. The van der Waals surface area contributed by atoms with E-state index in [2.05, 4.69) is 5.32 Å². The number of nitrogens with one attached hydrogen (secondary N) is 1. The van der Waals surface area contributed by atoms with Crippen LogP contribution in [0.15, 0.2) is 35.9 Å². The quantitative estimate of drug-likeness (QED) is 0.167. The second-order valence-electron chi connectivity index (χ2n) is 14.7. The zero-order chi connectivity index (χ0) is 40.0. The summed E-state index contributed by atoms with van der Waals surface area (Å²) in [5.41, 5.74) is -0.872. The van der Waals surface area contributed by atoms with Crippen LogP contribution >= 0.6 is 23.4 Å². The first-order chi connectivity index (χ1) is 25.5. The van der Waals surface area contributed by atoms with Crippen LogP contribution in [0.3, 0.4) is 0 Å². The minimum atomic E-state index is -1.82. The fourth-order valence-corrected chi connectivity index (χ4v) is 7.90. The number of epoxide rings is 1. The summed E-state index contributed by atoms with van der Waals surface area (Å²) < 4.78 is 29.3. The summed E-state index contributed by atoms with van der Waals surface area (Å²) in [4.78, 5) is 56.6. The molecule has 0 aromatic heterocycles. The highest BCUT2D eigenvalue weighted by molar-refractivity contribution is 7.98. The van der Waals surface area contributed by atoms with Gasteiger partial charge in [-0.3, -0.25) is 14.9 Å². The van der Waals surface area contributed by atoms with Crippen LogP contribution in [-0.4, -0.2) is 116 Å². The van der Waals surface area contributed by atoms with Gasteiger partial charge in [-0.2, -0.15) is 11.8 Å². The van der Waals surface area contributed by atoms with E-state index < -0.39 is 65.7 Å². The molecule has 3 heterocycles.